The van der Waals surface area contributed by atoms with Gasteiger partial charge in [0.15, 0.2) is 0 Å². The van der Waals surface area contributed by atoms with Gasteiger partial charge in [-0.25, -0.2) is 8.42 Å². The molecule has 1 saturated heterocycles. The minimum atomic E-state index is -3.86. The number of amides is 1. The summed E-state index contributed by atoms with van der Waals surface area (Å²) >= 11 is 3.22. The largest absolute Gasteiger partial charge is 0.339 e. The van der Waals surface area contributed by atoms with Crippen molar-refractivity contribution < 1.29 is 13.2 Å². The van der Waals surface area contributed by atoms with Crippen molar-refractivity contribution in [2.75, 3.05) is 13.1 Å². The third kappa shape index (κ3) is 3.12. The minimum absolute atomic E-state index is 0.0221. The Balaban J connectivity index is 2.52. The lowest BCUT2D eigenvalue weighted by Crippen LogP contribution is -2.28. The lowest BCUT2D eigenvalue weighted by Gasteiger charge is -2.18. The molecule has 0 unspecified atom stereocenters. The van der Waals surface area contributed by atoms with Crippen molar-refractivity contribution in [3.05, 3.63) is 27.7 Å². The topological polar surface area (TPSA) is 54.5 Å². The molecule has 1 aliphatic rings. The number of carbonyl (C=O) groups is 1. The first kappa shape index (κ1) is 14.8. The van der Waals surface area contributed by atoms with Crippen LogP contribution in [-0.4, -0.2) is 32.3 Å². The van der Waals surface area contributed by atoms with Gasteiger partial charge in [0.05, 0.1) is 4.90 Å². The predicted molar refractivity (Wildman–Crippen MR) is 77.1 cm³/mol. The Labute approximate surface area is 125 Å². The van der Waals surface area contributed by atoms with Crippen LogP contribution in [-0.2, 0) is 9.05 Å². The number of rotatable bonds is 2. The Morgan fingerprint density at radius 1 is 1.32 bits per heavy atom. The summed E-state index contributed by atoms with van der Waals surface area (Å²) in [5.41, 5.74) is 0.783. The molecule has 0 spiro atoms. The van der Waals surface area contributed by atoms with E-state index in [0.717, 1.165) is 12.8 Å². The fourth-order valence-electron chi connectivity index (χ4n) is 2.22. The third-order valence-corrected chi connectivity index (χ3v) is 5.12. The number of carbonyl (C=O) groups excluding carboxylic acids is 1. The Bertz CT molecular complexity index is 624. The monoisotopic (exact) mass is 365 g/mol. The first-order chi connectivity index (χ1) is 8.80. The highest BCUT2D eigenvalue weighted by Gasteiger charge is 2.25. The molecule has 2 rings (SSSR count). The SMILES string of the molecule is Cc1c(C(=O)N2CCCC2)cc(Br)cc1S(=O)(=O)Cl. The van der Waals surface area contributed by atoms with Crippen LogP contribution in [0.1, 0.15) is 28.8 Å². The van der Waals surface area contributed by atoms with Crippen molar-refractivity contribution >= 4 is 41.6 Å². The first-order valence-electron chi connectivity index (χ1n) is 5.85. The normalized spacial score (nSPS) is 15.8. The quantitative estimate of drug-likeness (QED) is 0.756. The van der Waals surface area contributed by atoms with E-state index in [1.54, 1.807) is 17.9 Å². The number of benzene rings is 1. The summed E-state index contributed by atoms with van der Waals surface area (Å²) in [5, 5.41) is 0. The van der Waals surface area contributed by atoms with Gasteiger partial charge in [0.25, 0.3) is 15.0 Å². The van der Waals surface area contributed by atoms with Crippen molar-refractivity contribution in [2.45, 2.75) is 24.7 Å². The van der Waals surface area contributed by atoms with Gasteiger partial charge in [0, 0.05) is 33.8 Å². The van der Waals surface area contributed by atoms with Crippen LogP contribution in [0.2, 0.25) is 0 Å². The van der Waals surface area contributed by atoms with Gasteiger partial charge in [-0.2, -0.15) is 0 Å². The van der Waals surface area contributed by atoms with Crippen LogP contribution in [0.5, 0.6) is 0 Å². The molecule has 0 bridgehead atoms. The number of hydrogen-bond acceptors (Lipinski definition) is 3. The number of nitrogens with zero attached hydrogens (tertiary/aromatic N) is 1. The van der Waals surface area contributed by atoms with Gasteiger partial charge in [-0.15, -0.1) is 0 Å². The molecule has 1 heterocycles. The zero-order chi connectivity index (χ0) is 14.2. The van der Waals surface area contributed by atoms with Crippen LogP contribution in [0.25, 0.3) is 0 Å². The molecule has 1 amide bonds. The van der Waals surface area contributed by atoms with Crippen molar-refractivity contribution in [3.8, 4) is 0 Å². The molecule has 0 saturated carbocycles. The second kappa shape index (κ2) is 5.42. The summed E-state index contributed by atoms with van der Waals surface area (Å²) in [6.07, 6.45) is 1.97. The summed E-state index contributed by atoms with van der Waals surface area (Å²) in [6.45, 7) is 3.03. The van der Waals surface area contributed by atoms with Gasteiger partial charge in [0.2, 0.25) is 0 Å². The molecule has 0 N–H and O–H groups in total. The first-order valence-corrected chi connectivity index (χ1v) is 8.95. The van der Waals surface area contributed by atoms with Crippen LogP contribution < -0.4 is 0 Å². The van der Waals surface area contributed by atoms with Gasteiger partial charge in [-0.3, -0.25) is 4.79 Å². The summed E-state index contributed by atoms with van der Waals surface area (Å²) in [4.78, 5) is 14.1. The number of hydrogen-bond donors (Lipinski definition) is 0. The fraction of sp³-hybridized carbons (Fsp3) is 0.417. The van der Waals surface area contributed by atoms with Crippen molar-refractivity contribution in [2.24, 2.45) is 0 Å². The van der Waals surface area contributed by atoms with E-state index in [1.165, 1.54) is 6.07 Å². The van der Waals surface area contributed by atoms with Crippen molar-refractivity contribution in [3.63, 3.8) is 0 Å². The Kier molecular flexibility index (Phi) is 4.23. The van der Waals surface area contributed by atoms with Gasteiger partial charge < -0.3 is 4.90 Å². The number of likely N-dealkylation sites (tertiary alicyclic amines) is 1. The molecule has 0 aliphatic carbocycles. The smallest absolute Gasteiger partial charge is 0.261 e. The molecule has 1 aromatic carbocycles. The van der Waals surface area contributed by atoms with Crippen LogP contribution in [0.4, 0.5) is 0 Å². The second-order valence-electron chi connectivity index (χ2n) is 4.51. The fourth-order valence-corrected chi connectivity index (χ4v) is 4.05. The van der Waals surface area contributed by atoms with Gasteiger partial charge >= 0.3 is 0 Å². The maximum absolute atomic E-state index is 12.4. The van der Waals surface area contributed by atoms with E-state index in [9.17, 15) is 13.2 Å². The van der Waals surface area contributed by atoms with Gasteiger partial charge in [0.1, 0.15) is 0 Å². The molecule has 0 radical (unpaired) electrons. The second-order valence-corrected chi connectivity index (χ2v) is 7.96. The Morgan fingerprint density at radius 3 is 2.42 bits per heavy atom. The van der Waals surface area contributed by atoms with E-state index in [0.29, 0.717) is 28.7 Å². The molecule has 0 atom stereocenters. The third-order valence-electron chi connectivity index (χ3n) is 3.21. The van der Waals surface area contributed by atoms with Gasteiger partial charge in [-0.05, 0) is 37.5 Å². The molecular formula is C12H13BrClNO3S. The molecule has 0 aromatic heterocycles. The average Bonchev–Trinajstić information content (AvgIpc) is 2.83. The minimum Gasteiger partial charge on any atom is -0.339 e. The van der Waals surface area contributed by atoms with Crippen LogP contribution >= 0.6 is 26.6 Å². The van der Waals surface area contributed by atoms with E-state index in [4.69, 9.17) is 10.7 Å². The molecule has 1 aliphatic heterocycles. The molecule has 19 heavy (non-hydrogen) atoms. The Hall–Kier alpha value is -0.590. The molecule has 1 fully saturated rings. The van der Waals surface area contributed by atoms with Crippen molar-refractivity contribution in [1.29, 1.82) is 0 Å². The van der Waals surface area contributed by atoms with Crippen molar-refractivity contribution in [1.82, 2.24) is 4.90 Å². The highest BCUT2D eigenvalue weighted by Crippen LogP contribution is 2.28. The van der Waals surface area contributed by atoms with E-state index >= 15 is 0 Å². The standard InChI is InChI=1S/C12H13BrClNO3S/c1-8-10(12(16)15-4-2-3-5-15)6-9(13)7-11(8)19(14,17)18/h6-7H,2-5H2,1H3. The number of halogens is 2. The van der Waals surface area contributed by atoms with E-state index in [1.807, 2.05) is 0 Å². The van der Waals surface area contributed by atoms with Gasteiger partial charge in [-0.1, -0.05) is 15.9 Å². The summed E-state index contributed by atoms with van der Waals surface area (Å²) in [7, 11) is 1.53. The summed E-state index contributed by atoms with van der Waals surface area (Å²) in [5.74, 6) is -0.141. The predicted octanol–water partition coefficient (Wildman–Crippen LogP) is 2.92. The lowest BCUT2D eigenvalue weighted by atomic mass is 10.1. The summed E-state index contributed by atoms with van der Waals surface area (Å²) < 4.78 is 23.6. The molecular weight excluding hydrogens is 354 g/mol. The molecule has 7 heteroatoms. The van der Waals surface area contributed by atoms with E-state index in [2.05, 4.69) is 15.9 Å². The highest BCUT2D eigenvalue weighted by atomic mass is 79.9. The van der Waals surface area contributed by atoms with Crippen LogP contribution in [0, 0.1) is 6.92 Å². The lowest BCUT2D eigenvalue weighted by molar-refractivity contribution is 0.0791. The molecule has 104 valence electrons. The van der Waals surface area contributed by atoms with E-state index in [-0.39, 0.29) is 10.8 Å². The van der Waals surface area contributed by atoms with Crippen LogP contribution in [0.15, 0.2) is 21.5 Å². The molecule has 1 aromatic rings. The maximum atomic E-state index is 12.4. The summed E-state index contributed by atoms with van der Waals surface area (Å²) in [6, 6.07) is 3.06. The maximum Gasteiger partial charge on any atom is 0.261 e. The van der Waals surface area contributed by atoms with E-state index < -0.39 is 9.05 Å². The molecule has 4 nitrogen and oxygen atoms in total. The zero-order valence-electron chi connectivity index (χ0n) is 10.3. The average molecular weight is 367 g/mol. The zero-order valence-corrected chi connectivity index (χ0v) is 13.5. The highest BCUT2D eigenvalue weighted by molar-refractivity contribution is 9.10. The Morgan fingerprint density at radius 2 is 1.89 bits per heavy atom. The van der Waals surface area contributed by atoms with Crippen LogP contribution in [0.3, 0.4) is 0 Å².